The maximum Gasteiger partial charge on any atom is 0.186 e. The van der Waals surface area contributed by atoms with Gasteiger partial charge >= 0.3 is 0 Å². The van der Waals surface area contributed by atoms with E-state index in [-0.39, 0.29) is 12.4 Å². The first-order valence-electron chi connectivity index (χ1n) is 5.77. The van der Waals surface area contributed by atoms with E-state index in [2.05, 4.69) is 0 Å². The number of carbonyl (C=O) groups excluding carboxylic acids is 1. The number of benzene rings is 2. The van der Waals surface area contributed by atoms with Gasteiger partial charge in [-0.15, -0.1) is 0 Å². The van der Waals surface area contributed by atoms with Gasteiger partial charge in [-0.2, -0.15) is 0 Å². The maximum absolute atomic E-state index is 12.0. The Labute approximate surface area is 106 Å². The van der Waals surface area contributed by atoms with Crippen molar-refractivity contribution in [3.8, 4) is 0 Å². The highest BCUT2D eigenvalue weighted by Gasteiger charge is 2.05. The Hall–Kier alpha value is -2.19. The fourth-order valence-electron chi connectivity index (χ4n) is 1.72. The minimum absolute atomic E-state index is 0.0940. The summed E-state index contributed by atoms with van der Waals surface area (Å²) in [4.78, 5) is 12.0. The summed E-state index contributed by atoms with van der Waals surface area (Å²) in [6.07, 6.45) is 1.49. The Morgan fingerprint density at radius 2 is 1.39 bits per heavy atom. The van der Waals surface area contributed by atoms with E-state index in [4.69, 9.17) is 0 Å². The molecule has 0 aliphatic heterocycles. The molecule has 0 saturated carbocycles. The minimum atomic E-state index is -0.150. The molecule has 0 spiro atoms. The van der Waals surface area contributed by atoms with Gasteiger partial charge in [-0.3, -0.25) is 4.79 Å². The van der Waals surface area contributed by atoms with Crippen LogP contribution in [0.2, 0.25) is 0 Å². The molecule has 0 aliphatic carbocycles. The topological polar surface area (TPSA) is 37.3 Å². The lowest BCUT2D eigenvalue weighted by Crippen LogP contribution is -1.98. The summed E-state index contributed by atoms with van der Waals surface area (Å²) in [5.74, 6) is -0.0940. The zero-order chi connectivity index (χ0) is 12.8. The van der Waals surface area contributed by atoms with Crippen LogP contribution < -0.4 is 0 Å². The molecular formula is C16H14O2. The molecule has 0 fully saturated rings. The van der Waals surface area contributed by atoms with Crippen LogP contribution in [0.25, 0.3) is 5.57 Å². The molecule has 2 heteroatoms. The summed E-state index contributed by atoms with van der Waals surface area (Å²) in [5, 5.41) is 9.35. The van der Waals surface area contributed by atoms with Gasteiger partial charge < -0.3 is 5.11 Å². The lowest BCUT2D eigenvalue weighted by molar-refractivity contribution is 0.104. The largest absolute Gasteiger partial charge is 0.392 e. The van der Waals surface area contributed by atoms with Crippen molar-refractivity contribution in [2.24, 2.45) is 0 Å². The first-order valence-corrected chi connectivity index (χ1v) is 5.77. The molecular weight excluding hydrogens is 224 g/mol. The summed E-state index contributed by atoms with van der Waals surface area (Å²) in [6, 6.07) is 18.4. The lowest BCUT2D eigenvalue weighted by Gasteiger charge is -2.04. The smallest absolute Gasteiger partial charge is 0.186 e. The second kappa shape index (κ2) is 5.94. The van der Waals surface area contributed by atoms with Crippen molar-refractivity contribution < 1.29 is 9.90 Å². The molecule has 2 aromatic rings. The first kappa shape index (κ1) is 12.3. The summed E-state index contributed by atoms with van der Waals surface area (Å²) >= 11 is 0. The quantitative estimate of drug-likeness (QED) is 0.656. The molecule has 0 bridgehead atoms. The van der Waals surface area contributed by atoms with E-state index in [9.17, 15) is 9.90 Å². The third-order valence-electron chi connectivity index (χ3n) is 2.68. The van der Waals surface area contributed by atoms with Crippen molar-refractivity contribution in [1.29, 1.82) is 0 Å². The predicted octanol–water partition coefficient (Wildman–Crippen LogP) is 2.95. The fourth-order valence-corrected chi connectivity index (χ4v) is 1.72. The van der Waals surface area contributed by atoms with E-state index in [1.165, 1.54) is 6.08 Å². The van der Waals surface area contributed by atoms with Gasteiger partial charge in [-0.1, -0.05) is 60.7 Å². The van der Waals surface area contributed by atoms with Crippen LogP contribution in [0.5, 0.6) is 0 Å². The fraction of sp³-hybridized carbons (Fsp3) is 0.0625. The van der Waals surface area contributed by atoms with E-state index in [0.717, 1.165) is 5.56 Å². The first-order chi connectivity index (χ1) is 8.81. The normalized spacial score (nSPS) is 11.3. The number of ketones is 1. The highest BCUT2D eigenvalue weighted by molar-refractivity contribution is 6.08. The Kier molecular flexibility index (Phi) is 4.05. The lowest BCUT2D eigenvalue weighted by atomic mass is 10.0. The number of hydrogen-bond donors (Lipinski definition) is 1. The predicted molar refractivity (Wildman–Crippen MR) is 72.3 cm³/mol. The molecule has 2 aromatic carbocycles. The van der Waals surface area contributed by atoms with E-state index >= 15 is 0 Å². The SMILES string of the molecule is O=C(/C=C(/CO)c1ccccc1)c1ccccc1. The van der Waals surface area contributed by atoms with E-state index in [0.29, 0.717) is 11.1 Å². The van der Waals surface area contributed by atoms with Crippen LogP contribution >= 0.6 is 0 Å². The number of allylic oxidation sites excluding steroid dienone is 1. The zero-order valence-electron chi connectivity index (χ0n) is 9.91. The van der Waals surface area contributed by atoms with Crippen LogP contribution in [0, 0.1) is 0 Å². The average Bonchev–Trinajstić information content (AvgIpc) is 2.46. The van der Waals surface area contributed by atoms with Crippen molar-refractivity contribution in [3.63, 3.8) is 0 Å². The van der Waals surface area contributed by atoms with Gasteiger partial charge in [0.2, 0.25) is 0 Å². The minimum Gasteiger partial charge on any atom is -0.392 e. The van der Waals surface area contributed by atoms with Crippen molar-refractivity contribution in [2.45, 2.75) is 0 Å². The van der Waals surface area contributed by atoms with E-state index in [1.807, 2.05) is 48.5 Å². The van der Waals surface area contributed by atoms with Gasteiger partial charge in [0.25, 0.3) is 0 Å². The van der Waals surface area contributed by atoms with Crippen molar-refractivity contribution in [2.75, 3.05) is 6.61 Å². The molecule has 0 aliphatic rings. The number of aliphatic hydroxyl groups excluding tert-OH is 1. The molecule has 2 rings (SSSR count). The van der Waals surface area contributed by atoms with E-state index < -0.39 is 0 Å². The number of hydrogen-bond acceptors (Lipinski definition) is 2. The highest BCUT2D eigenvalue weighted by Crippen LogP contribution is 2.14. The van der Waals surface area contributed by atoms with Gasteiger partial charge in [0.1, 0.15) is 0 Å². The van der Waals surface area contributed by atoms with E-state index in [1.54, 1.807) is 12.1 Å². The second-order valence-electron chi connectivity index (χ2n) is 3.92. The molecule has 2 nitrogen and oxygen atoms in total. The number of aliphatic hydroxyl groups is 1. The van der Waals surface area contributed by atoms with Crippen LogP contribution in [0.3, 0.4) is 0 Å². The van der Waals surface area contributed by atoms with Crippen LogP contribution in [0.1, 0.15) is 15.9 Å². The third-order valence-corrected chi connectivity index (χ3v) is 2.68. The molecule has 0 saturated heterocycles. The molecule has 0 amide bonds. The summed E-state index contributed by atoms with van der Waals surface area (Å²) in [7, 11) is 0. The molecule has 1 N–H and O–H groups in total. The molecule has 18 heavy (non-hydrogen) atoms. The Bertz CT molecular complexity index is 542. The molecule has 0 unspecified atom stereocenters. The Morgan fingerprint density at radius 3 is 1.89 bits per heavy atom. The molecule has 90 valence electrons. The van der Waals surface area contributed by atoms with Crippen LogP contribution in [-0.2, 0) is 0 Å². The second-order valence-corrected chi connectivity index (χ2v) is 3.92. The molecule has 0 atom stereocenters. The maximum atomic E-state index is 12.0. The zero-order valence-corrected chi connectivity index (χ0v) is 9.91. The van der Waals surface area contributed by atoms with Crippen molar-refractivity contribution in [1.82, 2.24) is 0 Å². The van der Waals surface area contributed by atoms with Gasteiger partial charge in [0.05, 0.1) is 6.61 Å². The molecule has 0 radical (unpaired) electrons. The molecule has 0 heterocycles. The van der Waals surface area contributed by atoms with Crippen LogP contribution in [-0.4, -0.2) is 17.5 Å². The Balaban J connectivity index is 2.29. The number of rotatable bonds is 4. The Morgan fingerprint density at radius 1 is 0.889 bits per heavy atom. The van der Waals surface area contributed by atoms with Gasteiger partial charge in [-0.05, 0) is 17.2 Å². The van der Waals surface area contributed by atoms with Gasteiger partial charge in [0.15, 0.2) is 5.78 Å². The third kappa shape index (κ3) is 2.93. The average molecular weight is 238 g/mol. The van der Waals surface area contributed by atoms with Gasteiger partial charge in [-0.25, -0.2) is 0 Å². The summed E-state index contributed by atoms with van der Waals surface area (Å²) in [6.45, 7) is -0.150. The van der Waals surface area contributed by atoms with Crippen LogP contribution in [0.4, 0.5) is 0 Å². The van der Waals surface area contributed by atoms with Crippen LogP contribution in [0.15, 0.2) is 66.7 Å². The van der Waals surface area contributed by atoms with Crippen molar-refractivity contribution >= 4 is 11.4 Å². The standard InChI is InChI=1S/C16H14O2/c17-12-15(13-7-3-1-4-8-13)11-16(18)14-9-5-2-6-10-14/h1-11,17H,12H2/b15-11-. The summed E-state index contributed by atoms with van der Waals surface area (Å²) < 4.78 is 0. The summed E-state index contributed by atoms with van der Waals surface area (Å²) in [5.41, 5.74) is 2.12. The highest BCUT2D eigenvalue weighted by atomic mass is 16.3. The molecule has 0 aromatic heterocycles. The van der Waals surface area contributed by atoms with Gasteiger partial charge in [0, 0.05) is 5.56 Å². The number of carbonyl (C=O) groups is 1. The van der Waals surface area contributed by atoms with Crippen molar-refractivity contribution in [3.05, 3.63) is 77.9 Å². The monoisotopic (exact) mass is 238 g/mol.